The van der Waals surface area contributed by atoms with Crippen LogP contribution in [0.4, 0.5) is 0 Å². The van der Waals surface area contributed by atoms with Crippen molar-refractivity contribution in [1.29, 1.82) is 0 Å². The van der Waals surface area contributed by atoms with Crippen molar-refractivity contribution < 1.29 is 19.5 Å². The molecule has 2 N–H and O–H groups in total. The molecule has 2 fully saturated rings. The average molecular weight is 268 g/mol. The molecule has 2 aliphatic rings. The van der Waals surface area contributed by atoms with Crippen molar-refractivity contribution in [2.45, 2.75) is 45.2 Å². The number of carboxylic acids is 1. The second-order valence-electron chi connectivity index (χ2n) is 5.54. The first-order valence-electron chi connectivity index (χ1n) is 6.75. The number of carboxylic acid groups (broad SMARTS) is 1. The molecule has 0 radical (unpaired) electrons. The van der Waals surface area contributed by atoms with E-state index in [1.165, 1.54) is 4.90 Å². The fourth-order valence-corrected chi connectivity index (χ4v) is 3.31. The molecule has 2 aliphatic heterocycles. The van der Waals surface area contributed by atoms with Crippen LogP contribution in [-0.2, 0) is 14.4 Å². The van der Waals surface area contributed by atoms with Crippen molar-refractivity contribution in [2.24, 2.45) is 11.8 Å². The van der Waals surface area contributed by atoms with Crippen molar-refractivity contribution in [3.63, 3.8) is 0 Å². The summed E-state index contributed by atoms with van der Waals surface area (Å²) >= 11 is 0. The summed E-state index contributed by atoms with van der Waals surface area (Å²) in [6.45, 7) is 4.14. The Morgan fingerprint density at radius 1 is 1.37 bits per heavy atom. The minimum Gasteiger partial charge on any atom is -0.481 e. The van der Waals surface area contributed by atoms with E-state index in [2.05, 4.69) is 5.32 Å². The van der Waals surface area contributed by atoms with E-state index in [-0.39, 0.29) is 24.2 Å². The smallest absolute Gasteiger partial charge is 0.308 e. The first-order chi connectivity index (χ1) is 8.93. The Labute approximate surface area is 112 Å². The molecule has 0 spiro atoms. The Morgan fingerprint density at radius 2 is 2.05 bits per heavy atom. The number of hydrogen-bond donors (Lipinski definition) is 2. The SMILES string of the molecule is CC1CC(=O)N(C2CCCNC2=O)C(C)C1C(=O)O. The molecule has 2 saturated heterocycles. The molecule has 0 bridgehead atoms. The van der Waals surface area contributed by atoms with Crippen LogP contribution in [0.25, 0.3) is 0 Å². The highest BCUT2D eigenvalue weighted by atomic mass is 16.4. The maximum atomic E-state index is 12.2. The number of nitrogens with one attached hydrogen (secondary N) is 1. The quantitative estimate of drug-likeness (QED) is 0.750. The van der Waals surface area contributed by atoms with Crippen LogP contribution in [0.1, 0.15) is 33.1 Å². The molecule has 106 valence electrons. The standard InChI is InChI=1S/C13H20N2O4/c1-7-6-10(16)15(8(2)11(7)13(18)19)9-4-3-5-14-12(9)17/h7-9,11H,3-6H2,1-2H3,(H,14,17)(H,18,19). The summed E-state index contributed by atoms with van der Waals surface area (Å²) in [5.74, 6) is -1.96. The summed E-state index contributed by atoms with van der Waals surface area (Å²) in [4.78, 5) is 36.9. The Hall–Kier alpha value is -1.59. The lowest BCUT2D eigenvalue weighted by molar-refractivity contribution is -0.160. The number of nitrogens with zero attached hydrogens (tertiary/aromatic N) is 1. The number of amides is 2. The van der Waals surface area contributed by atoms with Gasteiger partial charge in [0.15, 0.2) is 0 Å². The lowest BCUT2D eigenvalue weighted by Crippen LogP contribution is -2.61. The van der Waals surface area contributed by atoms with Gasteiger partial charge < -0.3 is 15.3 Å². The van der Waals surface area contributed by atoms with E-state index in [0.29, 0.717) is 13.0 Å². The van der Waals surface area contributed by atoms with E-state index >= 15 is 0 Å². The van der Waals surface area contributed by atoms with Gasteiger partial charge in [0, 0.05) is 19.0 Å². The summed E-state index contributed by atoms with van der Waals surface area (Å²) in [6, 6.07) is -0.951. The van der Waals surface area contributed by atoms with Gasteiger partial charge in [-0.15, -0.1) is 0 Å². The number of piperidine rings is 2. The van der Waals surface area contributed by atoms with Crippen molar-refractivity contribution in [1.82, 2.24) is 10.2 Å². The fraction of sp³-hybridized carbons (Fsp3) is 0.769. The molecular formula is C13H20N2O4. The molecule has 4 atom stereocenters. The van der Waals surface area contributed by atoms with Gasteiger partial charge in [-0.3, -0.25) is 14.4 Å². The molecule has 6 nitrogen and oxygen atoms in total. The Bertz CT molecular complexity index is 409. The van der Waals surface area contributed by atoms with Gasteiger partial charge in [0.05, 0.1) is 5.92 Å². The lowest BCUT2D eigenvalue weighted by Gasteiger charge is -2.45. The second kappa shape index (κ2) is 5.19. The van der Waals surface area contributed by atoms with Crippen LogP contribution in [0.3, 0.4) is 0 Å². The van der Waals surface area contributed by atoms with Crippen LogP contribution < -0.4 is 5.32 Å². The van der Waals surface area contributed by atoms with Gasteiger partial charge in [-0.1, -0.05) is 6.92 Å². The zero-order valence-corrected chi connectivity index (χ0v) is 11.3. The monoisotopic (exact) mass is 268 g/mol. The van der Waals surface area contributed by atoms with Crippen LogP contribution in [0.15, 0.2) is 0 Å². The summed E-state index contributed by atoms with van der Waals surface area (Å²) in [6.07, 6.45) is 1.63. The molecule has 4 unspecified atom stereocenters. The predicted octanol–water partition coefficient (Wildman–Crippen LogP) is 0.223. The lowest BCUT2D eigenvalue weighted by atomic mass is 9.79. The highest BCUT2D eigenvalue weighted by Gasteiger charge is 2.46. The topological polar surface area (TPSA) is 86.7 Å². The number of rotatable bonds is 2. The molecule has 6 heteroatoms. The Morgan fingerprint density at radius 3 is 2.63 bits per heavy atom. The largest absolute Gasteiger partial charge is 0.481 e. The number of carbonyl (C=O) groups is 3. The zero-order chi connectivity index (χ0) is 14.2. The van der Waals surface area contributed by atoms with Crippen molar-refractivity contribution in [2.75, 3.05) is 6.54 Å². The predicted molar refractivity (Wildman–Crippen MR) is 67.2 cm³/mol. The van der Waals surface area contributed by atoms with Gasteiger partial charge in [-0.25, -0.2) is 0 Å². The summed E-state index contributed by atoms with van der Waals surface area (Å²) < 4.78 is 0. The van der Waals surface area contributed by atoms with Crippen molar-refractivity contribution >= 4 is 17.8 Å². The summed E-state index contributed by atoms with van der Waals surface area (Å²) in [7, 11) is 0. The molecular weight excluding hydrogens is 248 g/mol. The summed E-state index contributed by atoms with van der Waals surface area (Å²) in [5.41, 5.74) is 0. The van der Waals surface area contributed by atoms with Crippen LogP contribution >= 0.6 is 0 Å². The van der Waals surface area contributed by atoms with Crippen LogP contribution in [0.2, 0.25) is 0 Å². The number of likely N-dealkylation sites (tertiary alicyclic amines) is 1. The van der Waals surface area contributed by atoms with E-state index < -0.39 is 24.0 Å². The van der Waals surface area contributed by atoms with Crippen molar-refractivity contribution in [3.8, 4) is 0 Å². The molecule has 0 aromatic rings. The molecule has 2 amide bonds. The zero-order valence-electron chi connectivity index (χ0n) is 11.3. The number of aliphatic carboxylic acids is 1. The third-order valence-electron chi connectivity index (χ3n) is 4.23. The van der Waals surface area contributed by atoms with Crippen molar-refractivity contribution in [3.05, 3.63) is 0 Å². The number of hydrogen-bond acceptors (Lipinski definition) is 3. The normalized spacial score (nSPS) is 36.0. The highest BCUT2D eigenvalue weighted by Crippen LogP contribution is 2.32. The maximum Gasteiger partial charge on any atom is 0.308 e. The summed E-state index contributed by atoms with van der Waals surface area (Å²) in [5, 5.41) is 12.1. The highest BCUT2D eigenvalue weighted by molar-refractivity contribution is 5.90. The third kappa shape index (κ3) is 2.43. The van der Waals surface area contributed by atoms with Gasteiger partial charge in [0.25, 0.3) is 0 Å². The maximum absolute atomic E-state index is 12.2. The van der Waals surface area contributed by atoms with Gasteiger partial charge >= 0.3 is 5.97 Å². The molecule has 0 aromatic carbocycles. The molecule has 0 aromatic heterocycles. The second-order valence-corrected chi connectivity index (χ2v) is 5.54. The van der Waals surface area contributed by atoms with E-state index in [1.54, 1.807) is 13.8 Å². The van der Waals surface area contributed by atoms with E-state index in [9.17, 15) is 19.5 Å². The average Bonchev–Trinajstić information content (AvgIpc) is 2.30. The van der Waals surface area contributed by atoms with E-state index in [4.69, 9.17) is 0 Å². The molecule has 19 heavy (non-hydrogen) atoms. The van der Waals surface area contributed by atoms with Crippen LogP contribution in [0, 0.1) is 11.8 Å². The Kier molecular flexibility index (Phi) is 3.78. The minimum absolute atomic E-state index is 0.112. The van der Waals surface area contributed by atoms with Crippen LogP contribution in [0.5, 0.6) is 0 Å². The van der Waals surface area contributed by atoms with Gasteiger partial charge in [0.2, 0.25) is 11.8 Å². The third-order valence-corrected chi connectivity index (χ3v) is 4.23. The number of carbonyl (C=O) groups excluding carboxylic acids is 2. The van der Waals surface area contributed by atoms with Gasteiger partial charge in [-0.05, 0) is 25.7 Å². The van der Waals surface area contributed by atoms with Gasteiger partial charge in [0.1, 0.15) is 6.04 Å². The first kappa shape index (κ1) is 13.8. The molecule has 0 saturated carbocycles. The van der Waals surface area contributed by atoms with E-state index in [1.807, 2.05) is 0 Å². The minimum atomic E-state index is -0.895. The van der Waals surface area contributed by atoms with Gasteiger partial charge in [-0.2, -0.15) is 0 Å². The fourth-order valence-electron chi connectivity index (χ4n) is 3.31. The molecule has 2 rings (SSSR count). The van der Waals surface area contributed by atoms with Crippen LogP contribution in [-0.4, -0.2) is 46.4 Å². The van der Waals surface area contributed by atoms with E-state index in [0.717, 1.165) is 6.42 Å². The molecule has 2 heterocycles. The first-order valence-corrected chi connectivity index (χ1v) is 6.75. The molecule has 0 aliphatic carbocycles. The Balaban J connectivity index is 2.25.